The fourth-order valence-electron chi connectivity index (χ4n) is 2.54. The highest BCUT2D eigenvalue weighted by molar-refractivity contribution is 6.21. The lowest BCUT2D eigenvalue weighted by Crippen LogP contribution is -2.39. The molecular formula is C15H14F2N4O2. The molecule has 6 nitrogen and oxygen atoms in total. The molecule has 1 aliphatic rings. The van der Waals surface area contributed by atoms with Crippen LogP contribution in [0, 0.1) is 0 Å². The second-order valence-electron chi connectivity index (χ2n) is 5.27. The van der Waals surface area contributed by atoms with Gasteiger partial charge >= 0.3 is 6.55 Å². The molecule has 120 valence electrons. The fraction of sp³-hybridized carbons (Fsp3) is 0.267. The summed E-state index contributed by atoms with van der Waals surface area (Å²) in [5, 5.41) is 0. The van der Waals surface area contributed by atoms with Crippen LogP contribution in [0.25, 0.3) is 0 Å². The Bertz CT molecular complexity index is 724. The number of aromatic nitrogens is 2. The van der Waals surface area contributed by atoms with Crippen molar-refractivity contribution in [2.24, 2.45) is 0 Å². The molecule has 2 heterocycles. The topological polar surface area (TPSA) is 58.4 Å². The van der Waals surface area contributed by atoms with Crippen LogP contribution in [0.3, 0.4) is 0 Å². The van der Waals surface area contributed by atoms with Crippen LogP contribution in [0.15, 0.2) is 36.7 Å². The van der Waals surface area contributed by atoms with E-state index < -0.39 is 6.55 Å². The number of amides is 2. The van der Waals surface area contributed by atoms with Gasteiger partial charge in [-0.2, -0.15) is 8.78 Å². The molecule has 0 aliphatic carbocycles. The molecule has 1 aromatic heterocycles. The molecule has 0 spiro atoms. The number of fused-ring (bicyclic) bond motifs is 1. The smallest absolute Gasteiger partial charge is 0.281 e. The second kappa shape index (κ2) is 5.88. The first-order valence-corrected chi connectivity index (χ1v) is 6.92. The standard InChI is InChI=1S/C15H14F2N4O2/c1-19(8-12-18-6-7-20(12)15(16)17)9-21-13(22)10-4-2-3-5-11(10)14(21)23/h2-7,15H,8-9H2,1H3. The molecule has 1 aliphatic heterocycles. The van der Waals surface area contributed by atoms with Crippen molar-refractivity contribution >= 4 is 11.8 Å². The third-order valence-electron chi connectivity index (χ3n) is 3.63. The van der Waals surface area contributed by atoms with E-state index in [0.717, 1.165) is 9.47 Å². The number of imidazole rings is 1. The maximum Gasteiger partial charge on any atom is 0.319 e. The minimum Gasteiger partial charge on any atom is -0.281 e. The minimum absolute atomic E-state index is 0.00243. The number of hydrogen-bond donors (Lipinski definition) is 0. The van der Waals surface area contributed by atoms with E-state index in [1.807, 2.05) is 0 Å². The van der Waals surface area contributed by atoms with Gasteiger partial charge in [-0.25, -0.2) is 4.98 Å². The van der Waals surface area contributed by atoms with Crippen LogP contribution >= 0.6 is 0 Å². The summed E-state index contributed by atoms with van der Waals surface area (Å²) in [6.07, 6.45) is 2.48. The van der Waals surface area contributed by atoms with Gasteiger partial charge in [0.1, 0.15) is 5.82 Å². The lowest BCUT2D eigenvalue weighted by Gasteiger charge is -2.22. The summed E-state index contributed by atoms with van der Waals surface area (Å²) < 4.78 is 26.4. The number of alkyl halides is 2. The lowest BCUT2D eigenvalue weighted by molar-refractivity contribution is 0.0515. The Morgan fingerprint density at radius 2 is 1.78 bits per heavy atom. The van der Waals surface area contributed by atoms with Crippen LogP contribution < -0.4 is 0 Å². The highest BCUT2D eigenvalue weighted by Crippen LogP contribution is 2.22. The van der Waals surface area contributed by atoms with Crippen molar-refractivity contribution < 1.29 is 18.4 Å². The Labute approximate surface area is 130 Å². The van der Waals surface area contributed by atoms with E-state index in [-0.39, 0.29) is 30.9 Å². The highest BCUT2D eigenvalue weighted by atomic mass is 19.3. The average Bonchev–Trinajstić information content (AvgIpc) is 3.07. The summed E-state index contributed by atoms with van der Waals surface area (Å²) in [6.45, 7) is -2.59. The number of hydrogen-bond acceptors (Lipinski definition) is 4. The molecule has 0 N–H and O–H groups in total. The Morgan fingerprint density at radius 1 is 1.17 bits per heavy atom. The Hall–Kier alpha value is -2.61. The van der Waals surface area contributed by atoms with E-state index in [9.17, 15) is 18.4 Å². The summed E-state index contributed by atoms with van der Waals surface area (Å²) in [5.74, 6) is -0.594. The van der Waals surface area contributed by atoms with Crippen LogP contribution in [0.4, 0.5) is 8.78 Å². The van der Waals surface area contributed by atoms with Crippen molar-refractivity contribution in [1.29, 1.82) is 0 Å². The van der Waals surface area contributed by atoms with Gasteiger partial charge in [-0.1, -0.05) is 12.1 Å². The van der Waals surface area contributed by atoms with Gasteiger partial charge in [-0.05, 0) is 19.2 Å². The van der Waals surface area contributed by atoms with Crippen molar-refractivity contribution in [2.45, 2.75) is 13.1 Å². The number of halogens is 2. The SMILES string of the molecule is CN(Cc1nccn1C(F)F)CN1C(=O)c2ccccc2C1=O. The van der Waals surface area contributed by atoms with Gasteiger partial charge in [0.05, 0.1) is 24.3 Å². The van der Waals surface area contributed by atoms with E-state index in [4.69, 9.17) is 0 Å². The number of benzene rings is 1. The third-order valence-corrected chi connectivity index (χ3v) is 3.63. The molecule has 0 fully saturated rings. The summed E-state index contributed by atoms with van der Waals surface area (Å²) in [5.41, 5.74) is 0.722. The van der Waals surface area contributed by atoms with Gasteiger partial charge in [0, 0.05) is 12.4 Å². The average molecular weight is 320 g/mol. The van der Waals surface area contributed by atoms with Gasteiger partial charge in [0.25, 0.3) is 11.8 Å². The molecule has 2 aromatic rings. The number of imide groups is 1. The highest BCUT2D eigenvalue weighted by Gasteiger charge is 2.35. The van der Waals surface area contributed by atoms with Gasteiger partial charge < -0.3 is 0 Å². The first-order chi connectivity index (χ1) is 11.0. The van der Waals surface area contributed by atoms with Crippen molar-refractivity contribution in [2.75, 3.05) is 13.7 Å². The van der Waals surface area contributed by atoms with E-state index in [1.54, 1.807) is 36.2 Å². The van der Waals surface area contributed by atoms with E-state index in [2.05, 4.69) is 4.98 Å². The summed E-state index contributed by atoms with van der Waals surface area (Å²) in [6, 6.07) is 6.57. The summed E-state index contributed by atoms with van der Waals surface area (Å²) in [4.78, 5) is 31.1. The molecule has 0 radical (unpaired) electrons. The largest absolute Gasteiger partial charge is 0.319 e. The van der Waals surface area contributed by atoms with Crippen molar-refractivity contribution in [3.05, 3.63) is 53.6 Å². The molecule has 0 saturated carbocycles. The van der Waals surface area contributed by atoms with Gasteiger partial charge in [-0.3, -0.25) is 24.0 Å². The van der Waals surface area contributed by atoms with E-state index in [1.165, 1.54) is 12.4 Å². The second-order valence-corrected chi connectivity index (χ2v) is 5.27. The zero-order valence-corrected chi connectivity index (χ0v) is 12.3. The number of carbonyl (C=O) groups excluding carboxylic acids is 2. The zero-order chi connectivity index (χ0) is 16.6. The van der Waals surface area contributed by atoms with E-state index in [0.29, 0.717) is 11.1 Å². The molecule has 2 amide bonds. The van der Waals surface area contributed by atoms with Gasteiger partial charge in [-0.15, -0.1) is 0 Å². The van der Waals surface area contributed by atoms with Gasteiger partial charge in [0.2, 0.25) is 0 Å². The predicted octanol–water partition coefficient (Wildman–Crippen LogP) is 1.96. The first kappa shape index (κ1) is 15.3. The molecule has 0 bridgehead atoms. The zero-order valence-electron chi connectivity index (χ0n) is 12.3. The predicted molar refractivity (Wildman–Crippen MR) is 76.8 cm³/mol. The van der Waals surface area contributed by atoms with Gasteiger partial charge in [0.15, 0.2) is 0 Å². The molecular weight excluding hydrogens is 306 g/mol. The number of nitrogens with zero attached hydrogens (tertiary/aromatic N) is 4. The fourth-order valence-corrected chi connectivity index (χ4v) is 2.54. The molecule has 8 heteroatoms. The van der Waals surface area contributed by atoms with Crippen LogP contribution in [-0.2, 0) is 6.54 Å². The van der Waals surface area contributed by atoms with E-state index >= 15 is 0 Å². The quantitative estimate of drug-likeness (QED) is 0.790. The number of rotatable bonds is 5. The first-order valence-electron chi connectivity index (χ1n) is 6.92. The lowest BCUT2D eigenvalue weighted by atomic mass is 10.1. The molecule has 0 saturated heterocycles. The summed E-state index contributed by atoms with van der Waals surface area (Å²) in [7, 11) is 1.63. The monoisotopic (exact) mass is 320 g/mol. The van der Waals surface area contributed by atoms with Crippen molar-refractivity contribution in [3.8, 4) is 0 Å². The Morgan fingerprint density at radius 3 is 2.35 bits per heavy atom. The minimum atomic E-state index is -2.68. The molecule has 3 rings (SSSR count). The summed E-state index contributed by atoms with van der Waals surface area (Å²) >= 11 is 0. The Kier molecular flexibility index (Phi) is 3.91. The Balaban J connectivity index is 1.72. The van der Waals surface area contributed by atoms with Crippen LogP contribution in [0.1, 0.15) is 33.1 Å². The maximum absolute atomic E-state index is 12.8. The molecule has 1 aromatic carbocycles. The van der Waals surface area contributed by atoms with Crippen LogP contribution in [0.2, 0.25) is 0 Å². The van der Waals surface area contributed by atoms with Crippen molar-refractivity contribution in [1.82, 2.24) is 19.4 Å². The molecule has 0 atom stereocenters. The molecule has 23 heavy (non-hydrogen) atoms. The normalized spacial score (nSPS) is 14.2. The third kappa shape index (κ3) is 2.72. The molecule has 0 unspecified atom stereocenters. The van der Waals surface area contributed by atoms with Crippen LogP contribution in [0.5, 0.6) is 0 Å². The van der Waals surface area contributed by atoms with Crippen LogP contribution in [-0.4, -0.2) is 44.9 Å². The number of carbonyl (C=O) groups is 2. The maximum atomic E-state index is 12.8. The van der Waals surface area contributed by atoms with Crippen molar-refractivity contribution in [3.63, 3.8) is 0 Å².